The third-order valence-electron chi connectivity index (χ3n) is 7.19. The summed E-state index contributed by atoms with van der Waals surface area (Å²) in [6.07, 6.45) is 9.48. The second kappa shape index (κ2) is 12.6. The summed E-state index contributed by atoms with van der Waals surface area (Å²) in [5, 5.41) is 9.44. The number of ether oxygens (including phenoxy) is 1. The Labute approximate surface area is 213 Å². The average Bonchev–Trinajstić information content (AvgIpc) is 2.92. The highest BCUT2D eigenvalue weighted by Gasteiger charge is 2.16. The van der Waals surface area contributed by atoms with Crippen molar-refractivity contribution in [3.05, 3.63) is 95.8 Å². The number of aryl methyl sites for hydroxylation is 1. The molecule has 4 heteroatoms. The third-order valence-corrected chi connectivity index (χ3v) is 7.19. The highest BCUT2D eigenvalue weighted by Crippen LogP contribution is 2.34. The Hall–Kier alpha value is -3.24. The second-order valence-corrected chi connectivity index (χ2v) is 9.58. The normalized spacial score (nSPS) is 13.9. The fourth-order valence-corrected chi connectivity index (χ4v) is 5.20. The highest BCUT2D eigenvalue weighted by molar-refractivity contribution is 5.81. The van der Waals surface area contributed by atoms with Gasteiger partial charge in [0.25, 0.3) is 0 Å². The zero-order valence-electron chi connectivity index (χ0n) is 20.8. The topological polar surface area (TPSA) is 46.5 Å². The molecule has 3 aromatic rings. The van der Waals surface area contributed by atoms with Crippen LogP contribution in [0.25, 0.3) is 22.3 Å². The van der Waals surface area contributed by atoms with Gasteiger partial charge in [-0.05, 0) is 77.5 Å². The quantitative estimate of drug-likeness (QED) is 0.184. The van der Waals surface area contributed by atoms with Crippen LogP contribution in [-0.4, -0.2) is 24.3 Å². The van der Waals surface area contributed by atoms with Gasteiger partial charge in [0.15, 0.2) is 0 Å². The molecule has 1 saturated carbocycles. The SMILES string of the molecule is C=CC(=O)OCCCc1cc(-c2ccc(-c3ccc(C4CCCCC4)cc3)cc2F)ccc1CCO. The van der Waals surface area contributed by atoms with E-state index in [0.29, 0.717) is 30.7 Å². The number of halogens is 1. The number of benzene rings is 3. The van der Waals surface area contributed by atoms with Gasteiger partial charge in [-0.2, -0.15) is 0 Å². The van der Waals surface area contributed by atoms with Crippen molar-refractivity contribution in [2.45, 2.75) is 57.3 Å². The maximum Gasteiger partial charge on any atom is 0.330 e. The molecule has 0 unspecified atom stereocenters. The molecule has 0 bridgehead atoms. The molecule has 1 aliphatic carbocycles. The van der Waals surface area contributed by atoms with Gasteiger partial charge in [-0.25, -0.2) is 9.18 Å². The molecule has 0 aromatic heterocycles. The molecular weight excluding hydrogens is 451 g/mol. The van der Waals surface area contributed by atoms with Crippen LogP contribution in [0.15, 0.2) is 73.3 Å². The van der Waals surface area contributed by atoms with Crippen molar-refractivity contribution in [2.75, 3.05) is 13.2 Å². The minimum atomic E-state index is -0.440. The molecule has 0 spiro atoms. The van der Waals surface area contributed by atoms with Crippen LogP contribution in [0.5, 0.6) is 0 Å². The largest absolute Gasteiger partial charge is 0.463 e. The summed E-state index contributed by atoms with van der Waals surface area (Å²) >= 11 is 0. The lowest BCUT2D eigenvalue weighted by Crippen LogP contribution is -2.05. The smallest absolute Gasteiger partial charge is 0.330 e. The summed E-state index contributed by atoms with van der Waals surface area (Å²) in [6.45, 7) is 3.73. The minimum Gasteiger partial charge on any atom is -0.463 e. The number of carbonyl (C=O) groups excluding carboxylic acids is 1. The van der Waals surface area contributed by atoms with E-state index in [0.717, 1.165) is 33.9 Å². The summed E-state index contributed by atoms with van der Waals surface area (Å²) < 4.78 is 20.4. The first-order valence-electron chi connectivity index (χ1n) is 13.0. The molecule has 3 nitrogen and oxygen atoms in total. The Morgan fingerprint density at radius 2 is 1.64 bits per heavy atom. The van der Waals surface area contributed by atoms with Crippen LogP contribution in [0, 0.1) is 5.82 Å². The van der Waals surface area contributed by atoms with E-state index in [9.17, 15) is 9.90 Å². The molecule has 1 N–H and O–H groups in total. The first-order chi connectivity index (χ1) is 17.6. The van der Waals surface area contributed by atoms with Crippen LogP contribution < -0.4 is 0 Å². The van der Waals surface area contributed by atoms with Crippen molar-refractivity contribution in [2.24, 2.45) is 0 Å². The molecule has 0 amide bonds. The van der Waals surface area contributed by atoms with Crippen molar-refractivity contribution < 1.29 is 19.0 Å². The highest BCUT2D eigenvalue weighted by atomic mass is 19.1. The number of esters is 1. The second-order valence-electron chi connectivity index (χ2n) is 9.58. The summed E-state index contributed by atoms with van der Waals surface area (Å²) in [6, 6.07) is 19.9. The van der Waals surface area contributed by atoms with Crippen LogP contribution in [-0.2, 0) is 22.4 Å². The molecule has 0 atom stereocenters. The molecule has 0 saturated heterocycles. The maximum absolute atomic E-state index is 15.3. The van der Waals surface area contributed by atoms with Crippen molar-refractivity contribution in [3.8, 4) is 22.3 Å². The Morgan fingerprint density at radius 1 is 0.917 bits per heavy atom. The third kappa shape index (κ3) is 6.50. The molecule has 0 aliphatic heterocycles. The molecule has 1 fully saturated rings. The van der Waals surface area contributed by atoms with E-state index < -0.39 is 5.97 Å². The van der Waals surface area contributed by atoms with Crippen molar-refractivity contribution in [1.82, 2.24) is 0 Å². The molecule has 188 valence electrons. The van der Waals surface area contributed by atoms with Gasteiger partial charge < -0.3 is 9.84 Å². The Morgan fingerprint density at radius 3 is 2.33 bits per heavy atom. The Kier molecular flexibility index (Phi) is 9.07. The number of aliphatic hydroxyl groups is 1. The van der Waals surface area contributed by atoms with Crippen molar-refractivity contribution in [3.63, 3.8) is 0 Å². The molecule has 4 rings (SSSR count). The standard InChI is InChI=1S/C32H35FO3/c1-2-32(35)36-20-6-9-27-21-29(15-14-26(27)18-19-34)30-17-16-28(22-31(30)33)25-12-10-24(11-13-25)23-7-4-3-5-8-23/h2,10-17,21-23,34H,1,3-9,18-20H2. The predicted octanol–water partition coefficient (Wildman–Crippen LogP) is 7.40. The van der Waals surface area contributed by atoms with Gasteiger partial charge in [-0.15, -0.1) is 0 Å². The minimum absolute atomic E-state index is 0.0421. The van der Waals surface area contributed by atoms with Crippen LogP contribution in [0.3, 0.4) is 0 Å². The van der Waals surface area contributed by atoms with E-state index in [2.05, 4.69) is 30.8 Å². The number of aliphatic hydroxyl groups excluding tert-OH is 1. The summed E-state index contributed by atoms with van der Waals surface area (Å²) in [4.78, 5) is 11.3. The van der Waals surface area contributed by atoms with E-state index in [1.54, 1.807) is 6.07 Å². The van der Waals surface area contributed by atoms with Crippen LogP contribution in [0.2, 0.25) is 0 Å². The van der Waals surface area contributed by atoms with Crippen molar-refractivity contribution >= 4 is 5.97 Å². The molecule has 36 heavy (non-hydrogen) atoms. The molecular formula is C32H35FO3. The van der Waals surface area contributed by atoms with Crippen LogP contribution >= 0.6 is 0 Å². The van der Waals surface area contributed by atoms with Gasteiger partial charge in [-0.3, -0.25) is 0 Å². The van der Waals surface area contributed by atoms with E-state index >= 15 is 4.39 Å². The fourth-order valence-electron chi connectivity index (χ4n) is 5.20. The van der Waals surface area contributed by atoms with E-state index in [1.807, 2.05) is 30.3 Å². The Balaban J connectivity index is 1.50. The first kappa shape index (κ1) is 25.8. The lowest BCUT2D eigenvalue weighted by Gasteiger charge is -2.22. The molecule has 0 heterocycles. The van der Waals surface area contributed by atoms with Crippen molar-refractivity contribution in [1.29, 1.82) is 0 Å². The number of hydrogen-bond donors (Lipinski definition) is 1. The van der Waals surface area contributed by atoms with Gasteiger partial charge in [0.2, 0.25) is 0 Å². The van der Waals surface area contributed by atoms with Gasteiger partial charge in [0.1, 0.15) is 5.82 Å². The predicted molar refractivity (Wildman–Crippen MR) is 143 cm³/mol. The zero-order chi connectivity index (χ0) is 25.3. The van der Waals surface area contributed by atoms with Gasteiger partial charge in [-0.1, -0.05) is 80.4 Å². The Bertz CT molecular complexity index is 1180. The lowest BCUT2D eigenvalue weighted by atomic mass is 9.83. The summed E-state index contributed by atoms with van der Waals surface area (Å²) in [5.41, 5.74) is 6.68. The van der Waals surface area contributed by atoms with E-state index in [4.69, 9.17) is 4.74 Å². The molecule has 0 radical (unpaired) electrons. The van der Waals surface area contributed by atoms with Gasteiger partial charge in [0, 0.05) is 18.2 Å². The van der Waals surface area contributed by atoms with Gasteiger partial charge >= 0.3 is 5.97 Å². The molecule has 1 aliphatic rings. The van der Waals surface area contributed by atoms with Crippen LogP contribution in [0.4, 0.5) is 4.39 Å². The summed E-state index contributed by atoms with van der Waals surface area (Å²) in [5.74, 6) is -0.0429. The van der Waals surface area contributed by atoms with Crippen LogP contribution in [0.1, 0.15) is 61.1 Å². The van der Waals surface area contributed by atoms with E-state index in [-0.39, 0.29) is 19.0 Å². The first-order valence-corrected chi connectivity index (χ1v) is 13.0. The number of carbonyl (C=O) groups is 1. The fraction of sp³-hybridized carbons (Fsp3) is 0.344. The lowest BCUT2D eigenvalue weighted by molar-refractivity contribution is -0.137. The van der Waals surface area contributed by atoms with Gasteiger partial charge in [0.05, 0.1) is 6.61 Å². The monoisotopic (exact) mass is 486 g/mol. The number of rotatable bonds is 10. The van der Waals surface area contributed by atoms with E-state index in [1.165, 1.54) is 37.7 Å². The maximum atomic E-state index is 15.3. The summed E-state index contributed by atoms with van der Waals surface area (Å²) in [7, 11) is 0. The average molecular weight is 487 g/mol. The molecule has 3 aromatic carbocycles. The zero-order valence-corrected chi connectivity index (χ0v) is 20.8. The number of hydrogen-bond acceptors (Lipinski definition) is 3.